The van der Waals surface area contributed by atoms with Gasteiger partial charge in [-0.3, -0.25) is 0 Å². The Morgan fingerprint density at radius 1 is 0.958 bits per heavy atom. The van der Waals surface area contributed by atoms with Crippen molar-refractivity contribution in [1.82, 2.24) is 4.90 Å². The van der Waals surface area contributed by atoms with Crippen LogP contribution in [0.15, 0.2) is 18.2 Å². The summed E-state index contributed by atoms with van der Waals surface area (Å²) in [4.78, 5) is 5.23. The van der Waals surface area contributed by atoms with E-state index in [1.165, 1.54) is 63.7 Å². The van der Waals surface area contributed by atoms with Crippen molar-refractivity contribution in [2.24, 2.45) is 5.92 Å². The molecule has 1 aromatic rings. The van der Waals surface area contributed by atoms with Crippen LogP contribution in [0.25, 0.3) is 0 Å². The predicted molar refractivity (Wildman–Crippen MR) is 99.7 cm³/mol. The molecule has 0 atom stereocenters. The molecule has 2 heterocycles. The number of nitrogens with zero attached hydrogens (tertiary/aromatic N) is 2. The van der Waals surface area contributed by atoms with E-state index >= 15 is 0 Å². The molecule has 4 heteroatoms. The van der Waals surface area contributed by atoms with Crippen molar-refractivity contribution < 1.29 is 4.74 Å². The minimum absolute atomic E-state index is 0.758. The van der Waals surface area contributed by atoms with Gasteiger partial charge in [0.2, 0.25) is 0 Å². The van der Waals surface area contributed by atoms with Gasteiger partial charge >= 0.3 is 0 Å². The highest BCUT2D eigenvalue weighted by molar-refractivity contribution is 5.62. The molecule has 24 heavy (non-hydrogen) atoms. The molecule has 0 amide bonds. The van der Waals surface area contributed by atoms with E-state index in [9.17, 15) is 0 Å². The molecular weight excluding hydrogens is 298 g/mol. The predicted octanol–water partition coefficient (Wildman–Crippen LogP) is 3.51. The Labute approximate surface area is 145 Å². The maximum absolute atomic E-state index is 6.09. The van der Waals surface area contributed by atoms with Crippen LogP contribution in [0.1, 0.15) is 44.9 Å². The van der Waals surface area contributed by atoms with Crippen LogP contribution in [-0.4, -0.2) is 43.7 Å². The number of hydrogen-bond acceptors (Lipinski definition) is 4. The lowest BCUT2D eigenvalue weighted by atomic mass is 9.99. The molecule has 2 N–H and O–H groups in total. The van der Waals surface area contributed by atoms with E-state index in [0.29, 0.717) is 0 Å². The third-order valence-electron chi connectivity index (χ3n) is 5.91. The minimum Gasteiger partial charge on any atom is -0.491 e. The largest absolute Gasteiger partial charge is 0.491 e. The fraction of sp³-hybridized carbons (Fsp3) is 0.700. The summed E-state index contributed by atoms with van der Waals surface area (Å²) in [5.41, 5.74) is 8.13. The van der Waals surface area contributed by atoms with Gasteiger partial charge in [-0.15, -0.1) is 0 Å². The van der Waals surface area contributed by atoms with Crippen molar-refractivity contribution in [2.45, 2.75) is 51.0 Å². The summed E-state index contributed by atoms with van der Waals surface area (Å²) in [5, 5.41) is 0. The Morgan fingerprint density at radius 3 is 2.42 bits per heavy atom. The highest BCUT2D eigenvalue weighted by atomic mass is 16.5. The number of anilines is 2. The summed E-state index contributed by atoms with van der Waals surface area (Å²) < 4.78 is 5.95. The Bertz CT molecular complexity index is 544. The smallest absolute Gasteiger partial charge is 0.144 e. The highest BCUT2D eigenvalue weighted by Gasteiger charge is 2.26. The van der Waals surface area contributed by atoms with Gasteiger partial charge in [0.15, 0.2) is 0 Å². The van der Waals surface area contributed by atoms with Gasteiger partial charge < -0.3 is 20.3 Å². The van der Waals surface area contributed by atoms with Crippen LogP contribution in [0.3, 0.4) is 0 Å². The van der Waals surface area contributed by atoms with Crippen molar-refractivity contribution in [3.05, 3.63) is 18.2 Å². The lowest BCUT2D eigenvalue weighted by Crippen LogP contribution is -2.46. The van der Waals surface area contributed by atoms with Gasteiger partial charge in [-0.05, 0) is 69.7 Å². The summed E-state index contributed by atoms with van der Waals surface area (Å²) in [6.07, 6.45) is 9.38. The van der Waals surface area contributed by atoms with E-state index in [1.54, 1.807) is 0 Å². The lowest BCUT2D eigenvalue weighted by Gasteiger charge is -2.41. The maximum atomic E-state index is 6.09. The first-order valence-corrected chi connectivity index (χ1v) is 9.81. The molecule has 1 aliphatic carbocycles. The van der Waals surface area contributed by atoms with Crippen LogP contribution in [0.5, 0.6) is 5.75 Å². The zero-order valence-corrected chi connectivity index (χ0v) is 14.8. The summed E-state index contributed by atoms with van der Waals surface area (Å²) in [6, 6.07) is 7.11. The third kappa shape index (κ3) is 3.80. The zero-order chi connectivity index (χ0) is 16.4. The molecule has 4 nitrogen and oxygen atoms in total. The zero-order valence-electron chi connectivity index (χ0n) is 14.8. The molecule has 3 fully saturated rings. The fourth-order valence-corrected chi connectivity index (χ4v) is 4.11. The second-order valence-corrected chi connectivity index (χ2v) is 7.79. The number of benzene rings is 1. The van der Waals surface area contributed by atoms with Crippen molar-refractivity contribution in [3.63, 3.8) is 0 Å². The number of hydrogen-bond donors (Lipinski definition) is 1. The van der Waals surface area contributed by atoms with Crippen LogP contribution < -0.4 is 15.4 Å². The molecule has 2 aliphatic heterocycles. The molecule has 4 rings (SSSR count). The summed E-state index contributed by atoms with van der Waals surface area (Å²) in [5.74, 6) is 1.63. The molecule has 0 spiro atoms. The molecule has 1 saturated carbocycles. The number of ether oxygens (including phenoxy) is 1. The summed E-state index contributed by atoms with van der Waals surface area (Å²) >= 11 is 0. The molecule has 0 aromatic heterocycles. The lowest BCUT2D eigenvalue weighted by molar-refractivity contribution is 0.141. The van der Waals surface area contributed by atoms with Gasteiger partial charge in [-0.25, -0.2) is 0 Å². The van der Waals surface area contributed by atoms with Crippen molar-refractivity contribution in [1.29, 1.82) is 0 Å². The van der Waals surface area contributed by atoms with Gasteiger partial charge in [-0.1, -0.05) is 6.42 Å². The normalized spacial score (nSPS) is 23.4. The number of nitrogens with two attached hydrogens (primary N) is 1. The maximum Gasteiger partial charge on any atom is 0.144 e. The molecule has 3 aliphatic rings. The van der Waals surface area contributed by atoms with Crippen LogP contribution in [-0.2, 0) is 0 Å². The van der Waals surface area contributed by atoms with E-state index in [-0.39, 0.29) is 0 Å². The molecule has 0 bridgehead atoms. The quantitative estimate of drug-likeness (QED) is 0.839. The molecule has 1 aromatic carbocycles. The van der Waals surface area contributed by atoms with Crippen molar-refractivity contribution in [3.8, 4) is 5.75 Å². The molecular formula is C20H31N3O. The van der Waals surface area contributed by atoms with E-state index in [2.05, 4.69) is 21.9 Å². The Hall–Kier alpha value is -1.42. The van der Waals surface area contributed by atoms with Gasteiger partial charge in [0.05, 0.1) is 12.3 Å². The number of likely N-dealkylation sites (tertiary alicyclic amines) is 1. The third-order valence-corrected chi connectivity index (χ3v) is 5.91. The van der Waals surface area contributed by atoms with Crippen LogP contribution in [0, 0.1) is 5.92 Å². The van der Waals surface area contributed by atoms with Crippen LogP contribution in [0.2, 0.25) is 0 Å². The Kier molecular flexibility index (Phi) is 4.83. The fourth-order valence-electron chi connectivity index (χ4n) is 4.11. The van der Waals surface area contributed by atoms with Crippen LogP contribution in [0.4, 0.5) is 11.4 Å². The summed E-state index contributed by atoms with van der Waals surface area (Å²) in [7, 11) is 0. The average molecular weight is 329 g/mol. The SMILES string of the molecule is Nc1ccc(N2CCC(N3CCCCC3)CC2)cc1OCC1CC1. The first kappa shape index (κ1) is 16.1. The van der Waals surface area contributed by atoms with Crippen molar-refractivity contribution in [2.75, 3.05) is 43.4 Å². The second-order valence-electron chi connectivity index (χ2n) is 7.79. The van der Waals surface area contributed by atoms with Gasteiger partial charge in [0.25, 0.3) is 0 Å². The second kappa shape index (κ2) is 7.22. The molecule has 132 valence electrons. The average Bonchev–Trinajstić information content (AvgIpc) is 3.46. The van der Waals surface area contributed by atoms with Crippen molar-refractivity contribution >= 4 is 11.4 Å². The first-order chi connectivity index (χ1) is 11.8. The molecule has 0 unspecified atom stereocenters. The molecule has 2 saturated heterocycles. The van der Waals surface area contributed by atoms with E-state index < -0.39 is 0 Å². The number of piperidine rings is 2. The standard InChI is InChI=1S/C20H31N3O/c21-19-7-6-18(14-20(19)24-15-16-4-5-16)23-12-8-17(9-13-23)22-10-2-1-3-11-22/h6-7,14,16-17H,1-5,8-13,15,21H2. The summed E-state index contributed by atoms with van der Waals surface area (Å²) in [6.45, 7) is 5.74. The monoisotopic (exact) mass is 329 g/mol. The van der Waals surface area contributed by atoms with Gasteiger partial charge in [0.1, 0.15) is 5.75 Å². The Balaban J connectivity index is 1.35. The minimum atomic E-state index is 0.758. The van der Waals surface area contributed by atoms with E-state index in [0.717, 1.165) is 43.1 Å². The highest BCUT2D eigenvalue weighted by Crippen LogP contribution is 2.34. The topological polar surface area (TPSA) is 41.7 Å². The Morgan fingerprint density at radius 2 is 1.71 bits per heavy atom. The van der Waals surface area contributed by atoms with Gasteiger partial charge in [-0.2, -0.15) is 0 Å². The van der Waals surface area contributed by atoms with E-state index in [4.69, 9.17) is 10.5 Å². The van der Waals surface area contributed by atoms with Crippen LogP contribution >= 0.6 is 0 Å². The van der Waals surface area contributed by atoms with E-state index in [1.807, 2.05) is 6.07 Å². The first-order valence-electron chi connectivity index (χ1n) is 9.81. The molecule has 0 radical (unpaired) electrons. The number of rotatable bonds is 5. The number of nitrogen functional groups attached to an aromatic ring is 1. The van der Waals surface area contributed by atoms with Gasteiger partial charge in [0, 0.05) is 30.9 Å².